The maximum absolute atomic E-state index is 13.6. The Kier molecular flexibility index (Phi) is 6.22. The fourth-order valence-electron chi connectivity index (χ4n) is 4.32. The van der Waals surface area contributed by atoms with Crippen LogP contribution in [0.25, 0.3) is 10.9 Å². The molecule has 0 aliphatic carbocycles. The van der Waals surface area contributed by atoms with Gasteiger partial charge in [0.25, 0.3) is 15.9 Å². The van der Waals surface area contributed by atoms with Gasteiger partial charge in [-0.2, -0.15) is 0 Å². The van der Waals surface area contributed by atoms with E-state index in [0.29, 0.717) is 16.8 Å². The van der Waals surface area contributed by atoms with Crippen molar-refractivity contribution < 1.29 is 13.2 Å². The lowest BCUT2D eigenvalue weighted by Crippen LogP contribution is -2.39. The predicted molar refractivity (Wildman–Crippen MR) is 146 cm³/mol. The number of anilines is 1. The first-order valence-corrected chi connectivity index (χ1v) is 13.6. The average molecular weight is 565 g/mol. The topological polar surface area (TPSA) is 83.8 Å². The maximum Gasteiger partial charge on any atom is 0.270 e. The number of carbonyl (C=O) groups is 1. The van der Waals surface area contributed by atoms with Gasteiger partial charge in [0.15, 0.2) is 0 Å². The van der Waals surface area contributed by atoms with Crippen molar-refractivity contribution in [2.75, 3.05) is 25.5 Å². The van der Waals surface area contributed by atoms with Gasteiger partial charge >= 0.3 is 0 Å². The van der Waals surface area contributed by atoms with Crippen LogP contribution in [0, 0.1) is 6.92 Å². The van der Waals surface area contributed by atoms with E-state index in [9.17, 15) is 13.2 Å². The van der Waals surface area contributed by atoms with Crippen molar-refractivity contribution in [3.8, 4) is 0 Å². The number of hydrogen-bond donors (Lipinski definition) is 1. The summed E-state index contributed by atoms with van der Waals surface area (Å²) in [6.07, 6.45) is 1.63. The third kappa shape index (κ3) is 4.33. The molecule has 5 rings (SSSR count). The summed E-state index contributed by atoms with van der Waals surface area (Å²) in [5, 5.41) is 3.70. The molecule has 4 aromatic rings. The molecule has 0 spiro atoms. The van der Waals surface area contributed by atoms with Crippen molar-refractivity contribution in [3.05, 3.63) is 94.1 Å². The Morgan fingerprint density at radius 2 is 1.72 bits per heavy atom. The Labute approximate surface area is 218 Å². The highest BCUT2D eigenvalue weighted by Crippen LogP contribution is 2.34. The fraction of sp³-hybridized carbons (Fsp3) is 0.185. The van der Waals surface area contributed by atoms with Crippen molar-refractivity contribution in [1.82, 2.24) is 9.29 Å². The molecule has 184 valence electrons. The number of halogens is 1. The minimum Gasteiger partial charge on any atom is -0.378 e. The number of benzene rings is 3. The Hall–Kier alpha value is -3.43. The quantitative estimate of drug-likeness (QED) is 0.381. The van der Waals surface area contributed by atoms with Crippen LogP contribution in [0.2, 0.25) is 0 Å². The molecule has 0 radical (unpaired) electrons. The molecule has 1 unspecified atom stereocenters. The van der Waals surface area contributed by atoms with Crippen molar-refractivity contribution in [2.45, 2.75) is 17.9 Å². The molecule has 3 aromatic carbocycles. The number of aromatic nitrogens is 1. The zero-order valence-corrected chi connectivity index (χ0v) is 22.5. The standard InChI is InChI=1S/C27H25BrN4O3S/c1-17-4-11-21(12-5-17)36(34,35)32-16-23(22-13-8-19(28)14-25(22)32)24-15-29-27(33)26(30-24)18-6-9-20(10-7-18)31(2)3/h4-14,16,24H,15H2,1-3H3,(H,29,33). The highest BCUT2D eigenvalue weighted by atomic mass is 79.9. The fourth-order valence-corrected chi connectivity index (χ4v) is 6.04. The van der Waals surface area contributed by atoms with Gasteiger partial charge < -0.3 is 10.2 Å². The molecule has 0 saturated heterocycles. The molecular weight excluding hydrogens is 540 g/mol. The van der Waals surface area contributed by atoms with Crippen molar-refractivity contribution in [2.24, 2.45) is 4.99 Å². The minimum atomic E-state index is -3.85. The summed E-state index contributed by atoms with van der Waals surface area (Å²) in [4.78, 5) is 19.7. The number of rotatable bonds is 5. The monoisotopic (exact) mass is 564 g/mol. The molecule has 0 bridgehead atoms. The summed E-state index contributed by atoms with van der Waals surface area (Å²) in [6.45, 7) is 2.19. The second kappa shape index (κ2) is 9.22. The first-order chi connectivity index (χ1) is 17.1. The van der Waals surface area contributed by atoms with Gasteiger partial charge in [-0.05, 0) is 43.3 Å². The zero-order valence-electron chi connectivity index (χ0n) is 20.1. The van der Waals surface area contributed by atoms with Gasteiger partial charge in [-0.1, -0.05) is 51.8 Å². The molecule has 0 fully saturated rings. The summed E-state index contributed by atoms with van der Waals surface area (Å²) in [5.74, 6) is -0.248. The number of amides is 1. The third-order valence-corrected chi connectivity index (χ3v) is 8.50. The van der Waals surface area contributed by atoms with E-state index in [4.69, 9.17) is 4.99 Å². The zero-order chi connectivity index (χ0) is 25.6. The lowest BCUT2D eigenvalue weighted by molar-refractivity contribution is -0.115. The maximum atomic E-state index is 13.6. The summed E-state index contributed by atoms with van der Waals surface area (Å²) in [6, 6.07) is 19.5. The summed E-state index contributed by atoms with van der Waals surface area (Å²) < 4.78 is 29.3. The number of nitrogens with zero attached hydrogens (tertiary/aromatic N) is 3. The van der Waals surface area contributed by atoms with Crippen molar-refractivity contribution in [1.29, 1.82) is 0 Å². The third-order valence-electron chi connectivity index (χ3n) is 6.31. The molecule has 1 aliphatic heterocycles. The average Bonchev–Trinajstić information content (AvgIpc) is 3.24. The number of aryl methyl sites for hydroxylation is 1. The van der Waals surface area contributed by atoms with Crippen molar-refractivity contribution >= 4 is 54.2 Å². The lowest BCUT2D eigenvalue weighted by atomic mass is 10.0. The van der Waals surface area contributed by atoms with Crippen LogP contribution in [0.15, 0.2) is 87.3 Å². The summed E-state index contributed by atoms with van der Waals surface area (Å²) in [5.41, 5.74) is 4.31. The van der Waals surface area contributed by atoms with Gasteiger partial charge in [0.1, 0.15) is 5.71 Å². The van der Waals surface area contributed by atoms with Crippen LogP contribution in [-0.4, -0.2) is 44.6 Å². The van der Waals surface area contributed by atoms with Crippen molar-refractivity contribution in [3.63, 3.8) is 0 Å². The van der Waals surface area contributed by atoms with E-state index in [1.165, 1.54) is 3.97 Å². The van der Waals surface area contributed by atoms with E-state index >= 15 is 0 Å². The van der Waals surface area contributed by atoms with Gasteiger partial charge in [-0.15, -0.1) is 0 Å². The minimum absolute atomic E-state index is 0.207. The van der Waals surface area contributed by atoms with E-state index < -0.39 is 16.1 Å². The molecular formula is C27H25BrN4O3S. The van der Waals surface area contributed by atoms with Gasteiger partial charge in [0, 0.05) is 53.5 Å². The molecule has 1 aliphatic rings. The Balaban J connectivity index is 1.63. The van der Waals surface area contributed by atoms with Crippen LogP contribution >= 0.6 is 15.9 Å². The Morgan fingerprint density at radius 3 is 2.39 bits per heavy atom. The number of nitrogens with one attached hydrogen (secondary N) is 1. The first-order valence-electron chi connectivity index (χ1n) is 11.4. The molecule has 7 nitrogen and oxygen atoms in total. The molecule has 1 aromatic heterocycles. The normalized spacial score (nSPS) is 16.1. The van der Waals surface area contributed by atoms with E-state index in [2.05, 4.69) is 21.2 Å². The van der Waals surface area contributed by atoms with E-state index in [-0.39, 0.29) is 17.3 Å². The first kappa shape index (κ1) is 24.3. The second-order valence-electron chi connectivity index (χ2n) is 9.00. The van der Waals surface area contributed by atoms with Crippen LogP contribution in [0.4, 0.5) is 5.69 Å². The summed E-state index contributed by atoms with van der Waals surface area (Å²) >= 11 is 3.47. The largest absolute Gasteiger partial charge is 0.378 e. The van der Waals surface area contributed by atoms with E-state index in [1.54, 1.807) is 36.5 Å². The van der Waals surface area contributed by atoms with Crippen LogP contribution in [-0.2, 0) is 14.8 Å². The SMILES string of the molecule is Cc1ccc(S(=O)(=O)n2cc(C3CNC(=O)C(c4ccc(N(C)C)cc4)=N3)c3ccc(Br)cc32)cc1. The number of aliphatic imine (C=N–C) groups is 1. The number of fused-ring (bicyclic) bond motifs is 1. The van der Waals surface area contributed by atoms with Crippen LogP contribution in [0.5, 0.6) is 0 Å². The van der Waals surface area contributed by atoms with E-state index in [1.807, 2.05) is 62.3 Å². The highest BCUT2D eigenvalue weighted by Gasteiger charge is 2.29. The van der Waals surface area contributed by atoms with Gasteiger partial charge in [-0.3, -0.25) is 9.79 Å². The second-order valence-corrected chi connectivity index (χ2v) is 11.7. The lowest BCUT2D eigenvalue weighted by Gasteiger charge is -2.21. The molecule has 9 heteroatoms. The smallest absolute Gasteiger partial charge is 0.270 e. The van der Waals surface area contributed by atoms with Crippen LogP contribution in [0.3, 0.4) is 0 Å². The molecule has 1 atom stereocenters. The summed E-state index contributed by atoms with van der Waals surface area (Å²) in [7, 11) is 0.0551. The Bertz CT molecular complexity index is 1610. The molecule has 1 N–H and O–H groups in total. The van der Waals surface area contributed by atoms with E-state index in [0.717, 1.165) is 26.7 Å². The highest BCUT2D eigenvalue weighted by molar-refractivity contribution is 9.10. The van der Waals surface area contributed by atoms with Crippen LogP contribution < -0.4 is 10.2 Å². The van der Waals surface area contributed by atoms with Crippen LogP contribution in [0.1, 0.15) is 22.7 Å². The molecule has 1 amide bonds. The van der Waals surface area contributed by atoms with Gasteiger partial charge in [0.05, 0.1) is 16.5 Å². The Morgan fingerprint density at radius 1 is 1.03 bits per heavy atom. The predicted octanol–water partition coefficient (Wildman–Crippen LogP) is 4.68. The molecule has 36 heavy (non-hydrogen) atoms. The van der Waals surface area contributed by atoms with Gasteiger partial charge in [0.2, 0.25) is 0 Å². The molecule has 0 saturated carbocycles. The van der Waals surface area contributed by atoms with Gasteiger partial charge in [-0.25, -0.2) is 12.4 Å². The number of hydrogen-bond acceptors (Lipinski definition) is 5. The number of carbonyl (C=O) groups excluding carboxylic acids is 1. The molecule has 2 heterocycles.